The van der Waals surface area contributed by atoms with Crippen molar-refractivity contribution in [1.29, 1.82) is 0 Å². The highest BCUT2D eigenvalue weighted by molar-refractivity contribution is 7.89. The van der Waals surface area contributed by atoms with Gasteiger partial charge in [-0.3, -0.25) is 4.79 Å². The Morgan fingerprint density at radius 3 is 2.66 bits per heavy atom. The quantitative estimate of drug-likeness (QED) is 0.668. The molecule has 2 heterocycles. The Balaban J connectivity index is 1.58. The number of carbonyl (C=O) groups is 1. The minimum absolute atomic E-state index is 0.102. The second kappa shape index (κ2) is 7.81. The maximum absolute atomic E-state index is 13.3. The van der Waals surface area contributed by atoms with Crippen molar-refractivity contribution in [2.75, 3.05) is 11.9 Å². The van der Waals surface area contributed by atoms with E-state index in [4.69, 9.17) is 0 Å². The number of benzene rings is 2. The molecule has 1 N–H and O–H groups in total. The lowest BCUT2D eigenvalue weighted by atomic mass is 10.0. The first-order valence-corrected chi connectivity index (χ1v) is 11.7. The van der Waals surface area contributed by atoms with E-state index in [1.807, 2.05) is 24.3 Å². The summed E-state index contributed by atoms with van der Waals surface area (Å²) in [4.78, 5) is 13.0. The van der Waals surface area contributed by atoms with E-state index in [2.05, 4.69) is 27.9 Å². The molecule has 1 aliphatic rings. The summed E-state index contributed by atoms with van der Waals surface area (Å²) in [7, 11) is -3.86. The smallest absolute Gasteiger partial charge is 0.246 e. The lowest BCUT2D eigenvalue weighted by Crippen LogP contribution is -2.43. The van der Waals surface area contributed by atoms with Gasteiger partial charge in [0.1, 0.15) is 22.0 Å². The number of nitrogens with one attached hydrogen (secondary N) is 1. The fourth-order valence-corrected chi connectivity index (χ4v) is 5.99. The highest BCUT2D eigenvalue weighted by Crippen LogP contribution is 2.30. The average molecular weight is 431 g/mol. The standard InChI is InChI=1S/C20H22N4O3S2/c1-13(2)14-8-10-15(11-9-14)21-20(25)17-6-4-12-24(17)29(26,27)18-7-3-5-16-19(18)23-28-22-16/h3,5,7-11,13,17H,4,6,12H2,1-2H3,(H,21,25). The zero-order chi connectivity index (χ0) is 20.6. The summed E-state index contributed by atoms with van der Waals surface area (Å²) < 4.78 is 36.2. The van der Waals surface area contributed by atoms with E-state index >= 15 is 0 Å². The first kappa shape index (κ1) is 19.9. The molecule has 1 amide bonds. The maximum Gasteiger partial charge on any atom is 0.246 e. The molecule has 1 unspecified atom stereocenters. The van der Waals surface area contributed by atoms with Gasteiger partial charge in [-0.1, -0.05) is 32.0 Å². The van der Waals surface area contributed by atoms with Crippen molar-refractivity contribution < 1.29 is 13.2 Å². The van der Waals surface area contributed by atoms with Gasteiger partial charge in [0.05, 0.1) is 11.7 Å². The molecule has 0 bridgehead atoms. The molecule has 152 valence electrons. The van der Waals surface area contributed by atoms with Crippen LogP contribution < -0.4 is 5.32 Å². The third-order valence-corrected chi connectivity index (χ3v) is 7.67. The molecule has 9 heteroatoms. The zero-order valence-electron chi connectivity index (χ0n) is 16.2. The molecule has 4 rings (SSSR count). The molecular formula is C20H22N4O3S2. The summed E-state index contributed by atoms with van der Waals surface area (Å²) in [5.74, 6) is 0.0880. The van der Waals surface area contributed by atoms with E-state index in [1.54, 1.807) is 12.1 Å². The monoisotopic (exact) mass is 430 g/mol. The number of nitrogens with zero attached hydrogens (tertiary/aromatic N) is 3. The Kier molecular flexibility index (Phi) is 5.37. The second-order valence-electron chi connectivity index (χ2n) is 7.43. The van der Waals surface area contributed by atoms with Crippen molar-refractivity contribution in [2.24, 2.45) is 0 Å². The Morgan fingerprint density at radius 1 is 1.17 bits per heavy atom. The van der Waals surface area contributed by atoms with Crippen LogP contribution in [-0.4, -0.2) is 40.0 Å². The molecule has 2 aromatic carbocycles. The third-order valence-electron chi connectivity index (χ3n) is 5.19. The van der Waals surface area contributed by atoms with Crippen molar-refractivity contribution in [1.82, 2.24) is 13.1 Å². The van der Waals surface area contributed by atoms with Gasteiger partial charge >= 0.3 is 0 Å². The van der Waals surface area contributed by atoms with Gasteiger partial charge < -0.3 is 5.32 Å². The molecule has 1 aromatic heterocycles. The molecule has 0 radical (unpaired) electrons. The van der Waals surface area contributed by atoms with Crippen LogP contribution in [0.3, 0.4) is 0 Å². The van der Waals surface area contributed by atoms with Crippen LogP contribution in [0.25, 0.3) is 11.0 Å². The molecule has 3 aromatic rings. The Hall–Kier alpha value is -2.36. The van der Waals surface area contributed by atoms with E-state index < -0.39 is 16.1 Å². The number of hydrogen-bond donors (Lipinski definition) is 1. The van der Waals surface area contributed by atoms with Gasteiger partial charge in [-0.05, 0) is 48.6 Å². The van der Waals surface area contributed by atoms with E-state index in [9.17, 15) is 13.2 Å². The van der Waals surface area contributed by atoms with Gasteiger partial charge in [-0.2, -0.15) is 13.1 Å². The molecule has 7 nitrogen and oxygen atoms in total. The molecule has 1 atom stereocenters. The number of hydrogen-bond acceptors (Lipinski definition) is 6. The van der Waals surface area contributed by atoms with Crippen molar-refractivity contribution in [3.8, 4) is 0 Å². The Labute approximate surface area is 174 Å². The van der Waals surface area contributed by atoms with Crippen molar-refractivity contribution in [3.05, 3.63) is 48.0 Å². The topological polar surface area (TPSA) is 92.3 Å². The summed E-state index contributed by atoms with van der Waals surface area (Å²) in [6.45, 7) is 4.52. The van der Waals surface area contributed by atoms with Crippen LogP contribution in [0.5, 0.6) is 0 Å². The largest absolute Gasteiger partial charge is 0.325 e. The average Bonchev–Trinajstić information content (AvgIpc) is 3.37. The minimum Gasteiger partial charge on any atom is -0.325 e. The van der Waals surface area contributed by atoms with E-state index in [0.29, 0.717) is 42.0 Å². The van der Waals surface area contributed by atoms with Crippen LogP contribution in [0.4, 0.5) is 5.69 Å². The van der Waals surface area contributed by atoms with Crippen molar-refractivity contribution in [3.63, 3.8) is 0 Å². The second-order valence-corrected chi connectivity index (χ2v) is 9.82. The minimum atomic E-state index is -3.86. The van der Waals surface area contributed by atoms with Crippen molar-refractivity contribution in [2.45, 2.75) is 43.5 Å². The third kappa shape index (κ3) is 3.77. The fraction of sp³-hybridized carbons (Fsp3) is 0.350. The number of fused-ring (bicyclic) bond motifs is 1. The summed E-state index contributed by atoms with van der Waals surface area (Å²) in [6.07, 6.45) is 1.12. The molecule has 0 spiro atoms. The maximum atomic E-state index is 13.3. The molecule has 1 aliphatic heterocycles. The Bertz CT molecular complexity index is 1140. The molecular weight excluding hydrogens is 408 g/mol. The lowest BCUT2D eigenvalue weighted by molar-refractivity contribution is -0.119. The number of rotatable bonds is 5. The van der Waals surface area contributed by atoms with E-state index in [0.717, 1.165) is 11.7 Å². The van der Waals surface area contributed by atoms with Crippen LogP contribution in [0.15, 0.2) is 47.4 Å². The van der Waals surface area contributed by atoms with Crippen LogP contribution in [0.1, 0.15) is 38.2 Å². The number of aromatic nitrogens is 2. The molecule has 0 aliphatic carbocycles. The van der Waals surface area contributed by atoms with Gasteiger partial charge in [-0.15, -0.1) is 0 Å². The van der Waals surface area contributed by atoms with Crippen LogP contribution in [0, 0.1) is 0 Å². The van der Waals surface area contributed by atoms with Gasteiger partial charge in [0, 0.05) is 12.2 Å². The first-order valence-electron chi connectivity index (χ1n) is 9.52. The first-order chi connectivity index (χ1) is 13.9. The van der Waals surface area contributed by atoms with Crippen LogP contribution in [0.2, 0.25) is 0 Å². The zero-order valence-corrected chi connectivity index (χ0v) is 17.8. The number of sulfonamides is 1. The number of anilines is 1. The summed E-state index contributed by atoms with van der Waals surface area (Å²) in [5.41, 5.74) is 2.74. The van der Waals surface area contributed by atoms with E-state index in [-0.39, 0.29) is 10.8 Å². The summed E-state index contributed by atoms with van der Waals surface area (Å²) in [6, 6.07) is 11.8. The highest BCUT2D eigenvalue weighted by atomic mass is 32.2. The molecule has 1 saturated heterocycles. The number of carbonyl (C=O) groups excluding carboxylic acids is 1. The predicted octanol–water partition coefficient (Wildman–Crippen LogP) is 3.61. The molecule has 29 heavy (non-hydrogen) atoms. The normalized spacial score (nSPS) is 17.8. The molecule has 1 fully saturated rings. The summed E-state index contributed by atoms with van der Waals surface area (Å²) >= 11 is 0.975. The predicted molar refractivity (Wildman–Crippen MR) is 113 cm³/mol. The van der Waals surface area contributed by atoms with Crippen LogP contribution >= 0.6 is 11.7 Å². The number of amides is 1. The van der Waals surface area contributed by atoms with Gasteiger partial charge in [0.25, 0.3) is 0 Å². The van der Waals surface area contributed by atoms with Gasteiger partial charge in [-0.25, -0.2) is 8.42 Å². The SMILES string of the molecule is CC(C)c1ccc(NC(=O)C2CCCN2S(=O)(=O)c2cccc3nsnc23)cc1. The lowest BCUT2D eigenvalue weighted by Gasteiger charge is -2.23. The fourth-order valence-electron chi connectivity index (χ4n) is 3.58. The van der Waals surface area contributed by atoms with Gasteiger partial charge in [0.15, 0.2) is 0 Å². The van der Waals surface area contributed by atoms with Crippen LogP contribution in [-0.2, 0) is 14.8 Å². The van der Waals surface area contributed by atoms with Gasteiger partial charge in [0.2, 0.25) is 15.9 Å². The Morgan fingerprint density at radius 2 is 1.93 bits per heavy atom. The van der Waals surface area contributed by atoms with Crippen molar-refractivity contribution >= 4 is 44.4 Å². The highest BCUT2D eigenvalue weighted by Gasteiger charge is 2.40. The van der Waals surface area contributed by atoms with E-state index in [1.165, 1.54) is 15.9 Å². The summed E-state index contributed by atoms with van der Waals surface area (Å²) in [5, 5.41) is 2.86. The molecule has 0 saturated carbocycles.